The maximum atomic E-state index is 11.6. The first-order valence-corrected chi connectivity index (χ1v) is 4.93. The normalized spacial score (nSPS) is 10.4. The summed E-state index contributed by atoms with van der Waals surface area (Å²) in [5.41, 5.74) is 2.47. The summed E-state index contributed by atoms with van der Waals surface area (Å²) in [6.45, 7) is 2.39. The highest BCUT2D eigenvalue weighted by Crippen LogP contribution is 2.04. The lowest BCUT2D eigenvalue weighted by molar-refractivity contribution is 0.0951. The van der Waals surface area contributed by atoms with Gasteiger partial charge in [0.2, 0.25) is 0 Å². The van der Waals surface area contributed by atoms with Gasteiger partial charge in [-0.1, -0.05) is 0 Å². The maximum absolute atomic E-state index is 11.6. The van der Waals surface area contributed by atoms with Gasteiger partial charge in [0.05, 0.1) is 17.5 Å². The van der Waals surface area contributed by atoms with E-state index in [-0.39, 0.29) is 5.91 Å². The number of aromatic amines is 1. The van der Waals surface area contributed by atoms with E-state index in [1.54, 1.807) is 10.9 Å². The molecule has 0 atom stereocenters. The molecule has 0 aliphatic heterocycles. The molecule has 0 saturated heterocycles. The molecule has 2 rings (SSSR count). The number of H-pyrrole nitrogens is 1. The van der Waals surface area contributed by atoms with Crippen molar-refractivity contribution in [1.29, 1.82) is 0 Å². The van der Waals surface area contributed by atoms with Crippen molar-refractivity contribution >= 4 is 5.91 Å². The smallest absolute Gasteiger partial charge is 0.254 e. The minimum absolute atomic E-state index is 0.142. The van der Waals surface area contributed by atoms with Crippen LogP contribution in [0.4, 0.5) is 0 Å². The Morgan fingerprint density at radius 3 is 3.00 bits per heavy atom. The summed E-state index contributed by atoms with van der Waals surface area (Å²) >= 11 is 0. The lowest BCUT2D eigenvalue weighted by Crippen LogP contribution is -2.22. The van der Waals surface area contributed by atoms with Crippen LogP contribution in [0.2, 0.25) is 0 Å². The molecule has 0 unspecified atom stereocenters. The molecular formula is C10H13N5O. The molecule has 2 heterocycles. The molecule has 2 aromatic heterocycles. The van der Waals surface area contributed by atoms with Crippen molar-refractivity contribution in [2.24, 2.45) is 7.05 Å². The van der Waals surface area contributed by atoms with Crippen LogP contribution in [-0.2, 0) is 13.6 Å². The van der Waals surface area contributed by atoms with E-state index in [1.165, 1.54) is 6.20 Å². The number of hydrogen-bond acceptors (Lipinski definition) is 3. The van der Waals surface area contributed by atoms with Crippen LogP contribution in [0.3, 0.4) is 0 Å². The van der Waals surface area contributed by atoms with Crippen molar-refractivity contribution in [2.45, 2.75) is 13.5 Å². The molecular weight excluding hydrogens is 206 g/mol. The van der Waals surface area contributed by atoms with Gasteiger partial charge in [0.1, 0.15) is 0 Å². The largest absolute Gasteiger partial charge is 0.348 e. The van der Waals surface area contributed by atoms with Crippen LogP contribution in [0.1, 0.15) is 21.6 Å². The number of carbonyl (C=O) groups excluding carboxylic acids is 1. The van der Waals surface area contributed by atoms with Crippen LogP contribution in [-0.4, -0.2) is 25.9 Å². The number of hydrogen-bond donors (Lipinski definition) is 2. The fraction of sp³-hybridized carbons (Fsp3) is 0.300. The zero-order chi connectivity index (χ0) is 11.5. The Morgan fingerprint density at radius 1 is 1.62 bits per heavy atom. The van der Waals surface area contributed by atoms with Crippen LogP contribution in [0.15, 0.2) is 18.6 Å². The molecule has 0 bridgehead atoms. The van der Waals surface area contributed by atoms with Gasteiger partial charge < -0.3 is 5.32 Å². The van der Waals surface area contributed by atoms with Gasteiger partial charge in [-0.05, 0) is 6.92 Å². The Morgan fingerprint density at radius 2 is 2.44 bits per heavy atom. The molecule has 0 aliphatic rings. The second-order valence-corrected chi connectivity index (χ2v) is 3.58. The van der Waals surface area contributed by atoms with Crippen LogP contribution in [0.25, 0.3) is 0 Å². The van der Waals surface area contributed by atoms with Crippen LogP contribution >= 0.6 is 0 Å². The van der Waals surface area contributed by atoms with E-state index in [0.29, 0.717) is 12.1 Å². The Balaban J connectivity index is 1.98. The van der Waals surface area contributed by atoms with E-state index in [9.17, 15) is 4.79 Å². The molecule has 0 aromatic carbocycles. The Labute approximate surface area is 92.7 Å². The average molecular weight is 219 g/mol. The Kier molecular flexibility index (Phi) is 2.72. The Hall–Kier alpha value is -2.11. The Bertz CT molecular complexity index is 485. The highest BCUT2D eigenvalue weighted by molar-refractivity contribution is 5.93. The SMILES string of the molecule is Cc1nn(C)cc1CNC(=O)c1cn[nH]c1. The van der Waals surface area contributed by atoms with Crippen molar-refractivity contribution in [3.63, 3.8) is 0 Å². The van der Waals surface area contributed by atoms with Gasteiger partial charge in [0.25, 0.3) is 5.91 Å². The van der Waals surface area contributed by atoms with Gasteiger partial charge in [-0.25, -0.2) is 0 Å². The van der Waals surface area contributed by atoms with E-state index in [2.05, 4.69) is 20.6 Å². The maximum Gasteiger partial charge on any atom is 0.254 e. The number of amides is 1. The molecule has 0 saturated carbocycles. The molecule has 0 spiro atoms. The monoisotopic (exact) mass is 219 g/mol. The van der Waals surface area contributed by atoms with Crippen molar-refractivity contribution < 1.29 is 4.79 Å². The predicted octanol–water partition coefficient (Wildman–Crippen LogP) is 0.382. The molecule has 6 nitrogen and oxygen atoms in total. The number of carbonyl (C=O) groups is 1. The molecule has 6 heteroatoms. The van der Waals surface area contributed by atoms with Crippen molar-refractivity contribution in [3.8, 4) is 0 Å². The number of rotatable bonds is 3. The summed E-state index contributed by atoms with van der Waals surface area (Å²) in [5.74, 6) is -0.142. The van der Waals surface area contributed by atoms with Crippen molar-refractivity contribution in [1.82, 2.24) is 25.3 Å². The van der Waals surface area contributed by atoms with Gasteiger partial charge in [-0.15, -0.1) is 0 Å². The number of aryl methyl sites for hydroxylation is 2. The summed E-state index contributed by atoms with van der Waals surface area (Å²) in [7, 11) is 1.86. The van der Waals surface area contributed by atoms with Gasteiger partial charge in [0, 0.05) is 31.5 Å². The standard InChI is InChI=1S/C10H13N5O/c1-7-9(6-15(2)14-7)3-11-10(16)8-4-12-13-5-8/h4-6H,3H2,1-2H3,(H,11,16)(H,12,13). The first-order valence-electron chi connectivity index (χ1n) is 4.93. The fourth-order valence-corrected chi connectivity index (χ4v) is 1.47. The van der Waals surface area contributed by atoms with E-state index in [0.717, 1.165) is 11.3 Å². The summed E-state index contributed by atoms with van der Waals surface area (Å²) in [5, 5.41) is 13.3. The number of aromatic nitrogens is 4. The zero-order valence-electron chi connectivity index (χ0n) is 9.19. The minimum atomic E-state index is -0.142. The molecule has 84 valence electrons. The van der Waals surface area contributed by atoms with Gasteiger partial charge >= 0.3 is 0 Å². The minimum Gasteiger partial charge on any atom is -0.348 e. The van der Waals surface area contributed by atoms with E-state index in [1.807, 2.05) is 20.2 Å². The lowest BCUT2D eigenvalue weighted by Gasteiger charge is -2.01. The highest BCUT2D eigenvalue weighted by Gasteiger charge is 2.08. The van der Waals surface area contributed by atoms with E-state index in [4.69, 9.17) is 0 Å². The molecule has 2 N–H and O–H groups in total. The van der Waals surface area contributed by atoms with E-state index >= 15 is 0 Å². The quantitative estimate of drug-likeness (QED) is 0.783. The molecule has 0 radical (unpaired) electrons. The lowest BCUT2D eigenvalue weighted by atomic mass is 10.2. The second kappa shape index (κ2) is 4.18. The van der Waals surface area contributed by atoms with Crippen LogP contribution in [0, 0.1) is 6.92 Å². The zero-order valence-corrected chi connectivity index (χ0v) is 9.19. The van der Waals surface area contributed by atoms with Crippen LogP contribution < -0.4 is 5.32 Å². The summed E-state index contributed by atoms with van der Waals surface area (Å²) in [6.07, 6.45) is 4.95. The van der Waals surface area contributed by atoms with Gasteiger partial charge in [-0.2, -0.15) is 10.2 Å². The molecule has 16 heavy (non-hydrogen) atoms. The fourth-order valence-electron chi connectivity index (χ4n) is 1.47. The third-order valence-corrected chi connectivity index (χ3v) is 2.31. The van der Waals surface area contributed by atoms with E-state index < -0.39 is 0 Å². The van der Waals surface area contributed by atoms with Gasteiger partial charge in [0.15, 0.2) is 0 Å². The third kappa shape index (κ3) is 2.10. The molecule has 1 amide bonds. The average Bonchev–Trinajstić information content (AvgIpc) is 2.84. The van der Waals surface area contributed by atoms with Crippen molar-refractivity contribution in [2.75, 3.05) is 0 Å². The highest BCUT2D eigenvalue weighted by atomic mass is 16.1. The third-order valence-electron chi connectivity index (χ3n) is 2.31. The number of nitrogens with zero attached hydrogens (tertiary/aromatic N) is 3. The molecule has 0 fully saturated rings. The summed E-state index contributed by atoms with van der Waals surface area (Å²) in [4.78, 5) is 11.6. The van der Waals surface area contributed by atoms with Crippen LogP contribution in [0.5, 0.6) is 0 Å². The van der Waals surface area contributed by atoms with Gasteiger partial charge in [-0.3, -0.25) is 14.6 Å². The second-order valence-electron chi connectivity index (χ2n) is 3.58. The number of nitrogens with one attached hydrogen (secondary N) is 2. The predicted molar refractivity (Wildman–Crippen MR) is 57.7 cm³/mol. The first kappa shape index (κ1) is 10.4. The van der Waals surface area contributed by atoms with Crippen molar-refractivity contribution in [3.05, 3.63) is 35.4 Å². The molecule has 0 aliphatic carbocycles. The molecule has 2 aromatic rings. The first-order chi connectivity index (χ1) is 7.66. The summed E-state index contributed by atoms with van der Waals surface area (Å²) < 4.78 is 1.73. The topological polar surface area (TPSA) is 75.6 Å². The summed E-state index contributed by atoms with van der Waals surface area (Å²) in [6, 6.07) is 0.